The van der Waals surface area contributed by atoms with Gasteiger partial charge < -0.3 is 21.3 Å². The number of carbonyl (C=O) groups excluding carboxylic acids is 2. The van der Waals surface area contributed by atoms with Crippen molar-refractivity contribution < 1.29 is 9.59 Å². The van der Waals surface area contributed by atoms with E-state index in [1.165, 1.54) is 0 Å². The van der Waals surface area contributed by atoms with Crippen molar-refractivity contribution in [2.45, 2.75) is 0 Å². The average Bonchev–Trinajstić information content (AvgIpc) is 2.56. The van der Waals surface area contributed by atoms with Gasteiger partial charge >= 0.3 is 11.8 Å². The smallest absolute Gasteiger partial charge is 0.309 e. The molecule has 0 unspecified atom stereocenters. The van der Waals surface area contributed by atoms with Gasteiger partial charge in [0.2, 0.25) is 0 Å². The zero-order valence-corrected chi connectivity index (χ0v) is 13.2. The fourth-order valence-electron chi connectivity index (χ4n) is 2.69. The third-order valence-corrected chi connectivity index (χ3v) is 4.05. The van der Waals surface area contributed by atoms with E-state index in [0.29, 0.717) is 13.1 Å². The van der Waals surface area contributed by atoms with Gasteiger partial charge in [0.25, 0.3) is 0 Å². The number of nitrogens with one attached hydrogen (secondary N) is 4. The molecule has 126 valence electrons. The van der Waals surface area contributed by atoms with Crippen molar-refractivity contribution in [2.24, 2.45) is 0 Å². The van der Waals surface area contributed by atoms with Crippen molar-refractivity contribution >= 4 is 11.8 Å². The van der Waals surface area contributed by atoms with Crippen molar-refractivity contribution in [3.8, 4) is 0 Å². The molecule has 8 heteroatoms. The first-order chi connectivity index (χ1) is 10.8. The fraction of sp³-hybridized carbons (Fsp3) is 0.857. The van der Waals surface area contributed by atoms with E-state index in [-0.39, 0.29) is 0 Å². The van der Waals surface area contributed by atoms with Crippen molar-refractivity contribution in [3.05, 3.63) is 0 Å². The van der Waals surface area contributed by atoms with Gasteiger partial charge in [-0.2, -0.15) is 0 Å². The minimum absolute atomic E-state index is 0.518. The van der Waals surface area contributed by atoms with Crippen LogP contribution in [-0.2, 0) is 9.59 Å². The summed E-state index contributed by atoms with van der Waals surface area (Å²) in [5.74, 6) is -1.06. The normalized spacial score (nSPS) is 20.5. The van der Waals surface area contributed by atoms with E-state index in [1.807, 2.05) is 0 Å². The summed E-state index contributed by atoms with van der Waals surface area (Å²) in [7, 11) is 0. The maximum absolute atomic E-state index is 11.7. The number of hydrogen-bond acceptors (Lipinski definition) is 6. The van der Waals surface area contributed by atoms with Gasteiger partial charge in [-0.05, 0) is 0 Å². The van der Waals surface area contributed by atoms with Crippen molar-refractivity contribution in [2.75, 3.05) is 78.5 Å². The van der Waals surface area contributed by atoms with Crippen LogP contribution < -0.4 is 21.3 Å². The van der Waals surface area contributed by atoms with Crippen LogP contribution in [0.3, 0.4) is 0 Å². The number of hydrogen-bond donors (Lipinski definition) is 4. The molecule has 0 atom stereocenters. The van der Waals surface area contributed by atoms with Gasteiger partial charge in [-0.1, -0.05) is 0 Å². The number of carbonyl (C=O) groups is 2. The largest absolute Gasteiger partial charge is 0.347 e. The highest BCUT2D eigenvalue weighted by atomic mass is 16.2. The van der Waals surface area contributed by atoms with Crippen molar-refractivity contribution in [3.63, 3.8) is 0 Å². The first-order valence-electron chi connectivity index (χ1n) is 8.18. The van der Waals surface area contributed by atoms with Crippen LogP contribution in [0.5, 0.6) is 0 Å². The molecule has 0 aromatic heterocycles. The first-order valence-corrected chi connectivity index (χ1v) is 8.18. The van der Waals surface area contributed by atoms with E-state index in [1.54, 1.807) is 0 Å². The van der Waals surface area contributed by atoms with Gasteiger partial charge in [0, 0.05) is 78.5 Å². The van der Waals surface area contributed by atoms with Crippen LogP contribution in [0, 0.1) is 0 Å². The molecule has 0 aromatic rings. The van der Waals surface area contributed by atoms with Gasteiger partial charge in [0.05, 0.1) is 0 Å². The Labute approximate surface area is 132 Å². The van der Waals surface area contributed by atoms with E-state index < -0.39 is 11.8 Å². The molecule has 0 radical (unpaired) electrons. The molecule has 2 aliphatic rings. The van der Waals surface area contributed by atoms with E-state index in [2.05, 4.69) is 31.1 Å². The molecule has 22 heavy (non-hydrogen) atoms. The molecule has 4 N–H and O–H groups in total. The predicted molar refractivity (Wildman–Crippen MR) is 84.6 cm³/mol. The third kappa shape index (κ3) is 6.27. The standard InChI is InChI=1S/C14H28N6O2/c21-13(17-5-11-19-7-1-15-2-8-19)14(22)18-6-12-20-9-3-16-4-10-20/h15-16H,1-12H2,(H,17,21)(H,18,22). The lowest BCUT2D eigenvalue weighted by Crippen LogP contribution is -2.49. The van der Waals surface area contributed by atoms with E-state index >= 15 is 0 Å². The number of amides is 2. The molecule has 8 nitrogen and oxygen atoms in total. The van der Waals surface area contributed by atoms with Crippen LogP contribution in [0.4, 0.5) is 0 Å². The summed E-state index contributed by atoms with van der Waals surface area (Å²) >= 11 is 0. The quantitative estimate of drug-likeness (QED) is 0.392. The van der Waals surface area contributed by atoms with E-state index in [4.69, 9.17) is 0 Å². The second kappa shape index (κ2) is 9.73. The minimum atomic E-state index is -0.532. The fourth-order valence-corrected chi connectivity index (χ4v) is 2.69. The van der Waals surface area contributed by atoms with Gasteiger partial charge in [0.1, 0.15) is 0 Å². The zero-order valence-electron chi connectivity index (χ0n) is 13.2. The van der Waals surface area contributed by atoms with Gasteiger partial charge in [-0.25, -0.2) is 0 Å². The molecule has 0 aromatic carbocycles. The summed E-state index contributed by atoms with van der Waals surface area (Å²) in [6.07, 6.45) is 0. The molecule has 0 saturated carbocycles. The molecule has 0 aliphatic carbocycles. The summed E-state index contributed by atoms with van der Waals surface area (Å²) in [5.41, 5.74) is 0. The molecule has 0 spiro atoms. The average molecular weight is 312 g/mol. The molecule has 2 aliphatic heterocycles. The van der Waals surface area contributed by atoms with Crippen LogP contribution in [-0.4, -0.2) is 100 Å². The Morgan fingerprint density at radius 2 is 1.09 bits per heavy atom. The maximum atomic E-state index is 11.7. The molecule has 2 amide bonds. The number of rotatable bonds is 6. The van der Waals surface area contributed by atoms with Crippen LogP contribution in [0.1, 0.15) is 0 Å². The molecule has 0 bridgehead atoms. The van der Waals surface area contributed by atoms with Crippen LogP contribution >= 0.6 is 0 Å². The second-order valence-electron chi connectivity index (χ2n) is 5.70. The SMILES string of the molecule is O=C(NCCN1CCNCC1)C(=O)NCCN1CCNCC1. The lowest BCUT2D eigenvalue weighted by Gasteiger charge is -2.27. The maximum Gasteiger partial charge on any atom is 0.309 e. The van der Waals surface area contributed by atoms with Crippen molar-refractivity contribution in [1.82, 2.24) is 31.1 Å². The van der Waals surface area contributed by atoms with E-state index in [9.17, 15) is 9.59 Å². The monoisotopic (exact) mass is 312 g/mol. The molecular weight excluding hydrogens is 284 g/mol. The highest BCUT2D eigenvalue weighted by molar-refractivity contribution is 6.35. The summed E-state index contributed by atoms with van der Waals surface area (Å²) in [6.45, 7) is 10.5. The molecule has 2 rings (SSSR count). The lowest BCUT2D eigenvalue weighted by atomic mass is 10.3. The van der Waals surface area contributed by atoms with Gasteiger partial charge in [-0.3, -0.25) is 19.4 Å². The third-order valence-electron chi connectivity index (χ3n) is 4.05. The predicted octanol–water partition coefficient (Wildman–Crippen LogP) is -2.97. The number of piperazine rings is 2. The summed E-state index contributed by atoms with van der Waals surface area (Å²) in [6, 6.07) is 0. The van der Waals surface area contributed by atoms with Crippen LogP contribution in [0.25, 0.3) is 0 Å². The summed E-state index contributed by atoms with van der Waals surface area (Å²) in [4.78, 5) is 27.9. The Hall–Kier alpha value is -1.22. The van der Waals surface area contributed by atoms with Crippen LogP contribution in [0.15, 0.2) is 0 Å². The lowest BCUT2D eigenvalue weighted by molar-refractivity contribution is -0.139. The zero-order chi connectivity index (χ0) is 15.6. The topological polar surface area (TPSA) is 88.7 Å². The first kappa shape index (κ1) is 17.1. The Balaban J connectivity index is 1.51. The van der Waals surface area contributed by atoms with Gasteiger partial charge in [-0.15, -0.1) is 0 Å². The van der Waals surface area contributed by atoms with E-state index in [0.717, 1.165) is 65.4 Å². The number of nitrogens with zero attached hydrogens (tertiary/aromatic N) is 2. The molecule has 2 fully saturated rings. The van der Waals surface area contributed by atoms with Crippen LogP contribution in [0.2, 0.25) is 0 Å². The summed E-state index contributed by atoms with van der Waals surface area (Å²) < 4.78 is 0. The minimum Gasteiger partial charge on any atom is -0.347 e. The Morgan fingerprint density at radius 1 is 0.727 bits per heavy atom. The summed E-state index contributed by atoms with van der Waals surface area (Å²) in [5, 5.41) is 11.9. The Morgan fingerprint density at radius 3 is 1.45 bits per heavy atom. The molecule has 2 heterocycles. The second-order valence-corrected chi connectivity index (χ2v) is 5.70. The highest BCUT2D eigenvalue weighted by Crippen LogP contribution is 1.91. The highest BCUT2D eigenvalue weighted by Gasteiger charge is 2.15. The molecular formula is C14H28N6O2. The van der Waals surface area contributed by atoms with Crippen molar-refractivity contribution in [1.29, 1.82) is 0 Å². The van der Waals surface area contributed by atoms with Gasteiger partial charge in [0.15, 0.2) is 0 Å². The Kier molecular flexibility index (Phi) is 7.58. The Bertz CT molecular complexity index is 319. The molecule has 2 saturated heterocycles.